The molecule has 378 valence electrons. The maximum absolute atomic E-state index is 12.9. The van der Waals surface area contributed by atoms with Crippen LogP contribution in [0.3, 0.4) is 0 Å². The molecule has 7 N–H and O–H groups in total. The molecule has 0 spiro atoms. The van der Waals surface area contributed by atoms with Gasteiger partial charge in [-0.3, -0.25) is 4.79 Å². The number of aliphatic hydroxyl groups excluding tert-OH is 7. The summed E-state index contributed by atoms with van der Waals surface area (Å²) in [6.07, 6.45) is 27.8. The predicted octanol–water partition coefficient (Wildman–Crippen LogP) is 7.18. The lowest BCUT2D eigenvalue weighted by Gasteiger charge is -2.42. The van der Waals surface area contributed by atoms with Crippen LogP contribution >= 0.6 is 0 Å². The molecule has 2 aliphatic rings. The summed E-state index contributed by atoms with van der Waals surface area (Å²) < 4.78 is 34.1. The number of aliphatic hydroxyl groups is 7. The van der Waals surface area contributed by atoms with Crippen LogP contribution in [0.4, 0.5) is 0 Å². The fraction of sp³-hybridized carbons (Fsp3) is 0.824. The van der Waals surface area contributed by atoms with Gasteiger partial charge in [0, 0.05) is 13.0 Å². The highest BCUT2D eigenvalue weighted by Gasteiger charge is 2.47. The van der Waals surface area contributed by atoms with Crippen LogP contribution in [0.1, 0.15) is 168 Å². The molecule has 0 radical (unpaired) electrons. The topological polar surface area (TPSA) is 214 Å². The van der Waals surface area contributed by atoms with Gasteiger partial charge in [-0.1, -0.05) is 159 Å². The van der Waals surface area contributed by atoms with Gasteiger partial charge in [0.2, 0.25) is 0 Å². The van der Waals surface area contributed by atoms with E-state index < -0.39 is 80.7 Å². The molecule has 11 atom stereocenters. The maximum atomic E-state index is 12.9. The second kappa shape index (κ2) is 38.9. The summed E-state index contributed by atoms with van der Waals surface area (Å²) in [5.41, 5.74) is 0. The Morgan fingerprint density at radius 3 is 1.57 bits per heavy atom. The minimum atomic E-state index is -1.70. The molecule has 0 saturated carbocycles. The number of esters is 1. The van der Waals surface area contributed by atoms with Crippen LogP contribution < -0.4 is 0 Å². The van der Waals surface area contributed by atoms with Gasteiger partial charge in [0.05, 0.1) is 26.4 Å². The first-order valence-electron chi connectivity index (χ1n) is 25.2. The number of allylic oxidation sites excluding steroid dienone is 8. The van der Waals surface area contributed by atoms with E-state index >= 15 is 0 Å². The highest BCUT2D eigenvalue weighted by Crippen LogP contribution is 2.26. The average Bonchev–Trinajstić information content (AvgIpc) is 3.30. The van der Waals surface area contributed by atoms with Crippen molar-refractivity contribution in [2.24, 2.45) is 0 Å². The Labute approximate surface area is 391 Å². The van der Waals surface area contributed by atoms with E-state index in [1.807, 2.05) is 0 Å². The van der Waals surface area contributed by atoms with Crippen LogP contribution in [0.5, 0.6) is 0 Å². The minimum absolute atomic E-state index is 0.0594. The van der Waals surface area contributed by atoms with Crippen molar-refractivity contribution in [3.05, 3.63) is 48.6 Å². The van der Waals surface area contributed by atoms with Gasteiger partial charge in [-0.2, -0.15) is 0 Å². The van der Waals surface area contributed by atoms with E-state index in [4.69, 9.17) is 28.4 Å². The molecule has 11 unspecified atom stereocenters. The molecule has 0 aromatic carbocycles. The largest absolute Gasteiger partial charge is 0.457 e. The second-order valence-corrected chi connectivity index (χ2v) is 17.6. The number of hydrogen-bond acceptors (Lipinski definition) is 14. The number of ether oxygens (including phenoxy) is 6. The predicted molar refractivity (Wildman–Crippen MR) is 252 cm³/mol. The summed E-state index contributed by atoms with van der Waals surface area (Å²) in [5.74, 6) is -0.385. The van der Waals surface area contributed by atoms with Crippen LogP contribution in [0.25, 0.3) is 0 Å². The quantitative estimate of drug-likeness (QED) is 0.0185. The molecule has 0 amide bonds. The summed E-state index contributed by atoms with van der Waals surface area (Å²) >= 11 is 0. The SMILES string of the molecule is CC/C=C\C/C=C\C/C=C\C/C=C\CCCCCCCCCCCCCOCC(COC1OC(COC2OC(CO)C(O)C(O)C2O)C(O)C(O)C1O)OC(=O)CCCCCCCCC. The fourth-order valence-corrected chi connectivity index (χ4v) is 7.75. The third kappa shape index (κ3) is 26.9. The van der Waals surface area contributed by atoms with E-state index in [1.165, 1.54) is 70.6 Å². The first kappa shape index (κ1) is 59.1. The molecular formula is C51H90O14. The number of rotatable bonds is 39. The first-order valence-corrected chi connectivity index (χ1v) is 25.2. The van der Waals surface area contributed by atoms with Crippen molar-refractivity contribution < 1.29 is 69.0 Å². The maximum Gasteiger partial charge on any atom is 0.306 e. The van der Waals surface area contributed by atoms with Gasteiger partial charge in [-0.05, 0) is 51.4 Å². The summed E-state index contributed by atoms with van der Waals surface area (Å²) in [6, 6.07) is 0. The standard InChI is InChI=1S/C51H90O14/c1-3-5-7-9-11-12-13-14-15-16-17-18-19-20-21-22-23-24-25-26-27-29-31-33-35-60-37-40(63-43(53)34-32-30-28-10-8-6-4-2)38-61-50-49(59)47(57)45(55)42(65-50)39-62-51-48(58)46(56)44(54)41(36-52)64-51/h5,7,11-12,14-15,17-18,40-42,44-52,54-59H,3-4,6,8-10,13,16,19-39H2,1-2H3/b7-5-,12-11-,15-14-,18-17-. The molecule has 14 heteroatoms. The van der Waals surface area contributed by atoms with Crippen molar-refractivity contribution >= 4 is 5.97 Å². The van der Waals surface area contributed by atoms with Crippen molar-refractivity contribution in [2.45, 2.75) is 235 Å². The number of carbonyl (C=O) groups excluding carboxylic acids is 1. The summed E-state index contributed by atoms with van der Waals surface area (Å²) in [4.78, 5) is 12.9. The van der Waals surface area contributed by atoms with E-state index in [2.05, 4.69) is 62.5 Å². The Hall–Kier alpha value is -2.05. The highest BCUT2D eigenvalue weighted by molar-refractivity contribution is 5.69. The number of unbranched alkanes of at least 4 members (excludes halogenated alkanes) is 17. The van der Waals surface area contributed by atoms with E-state index in [9.17, 15) is 40.5 Å². The zero-order valence-corrected chi connectivity index (χ0v) is 40.0. The number of hydrogen-bond donors (Lipinski definition) is 7. The van der Waals surface area contributed by atoms with Crippen LogP contribution in [0.15, 0.2) is 48.6 Å². The minimum Gasteiger partial charge on any atom is -0.457 e. The normalized spacial score (nSPS) is 26.9. The lowest BCUT2D eigenvalue weighted by Crippen LogP contribution is -2.61. The molecule has 2 rings (SSSR count). The van der Waals surface area contributed by atoms with E-state index in [-0.39, 0.29) is 25.6 Å². The summed E-state index contributed by atoms with van der Waals surface area (Å²) in [6.45, 7) is 3.51. The Balaban J connectivity index is 1.67. The van der Waals surface area contributed by atoms with Crippen molar-refractivity contribution in [3.8, 4) is 0 Å². The average molecular weight is 927 g/mol. The second-order valence-electron chi connectivity index (χ2n) is 17.6. The Morgan fingerprint density at radius 2 is 1.00 bits per heavy atom. The van der Waals surface area contributed by atoms with Crippen molar-refractivity contribution in [1.29, 1.82) is 0 Å². The van der Waals surface area contributed by atoms with Crippen molar-refractivity contribution in [1.82, 2.24) is 0 Å². The van der Waals surface area contributed by atoms with Crippen LogP contribution in [-0.2, 0) is 33.2 Å². The number of carbonyl (C=O) groups is 1. The van der Waals surface area contributed by atoms with Gasteiger partial charge in [-0.25, -0.2) is 0 Å². The van der Waals surface area contributed by atoms with Gasteiger partial charge in [0.1, 0.15) is 54.9 Å². The molecule has 65 heavy (non-hydrogen) atoms. The summed E-state index contributed by atoms with van der Waals surface area (Å²) in [5, 5.41) is 71.9. The summed E-state index contributed by atoms with van der Waals surface area (Å²) in [7, 11) is 0. The Kier molecular flexibility index (Phi) is 35.3. The first-order chi connectivity index (χ1) is 31.6. The van der Waals surface area contributed by atoms with E-state index in [0.717, 1.165) is 70.6 Å². The molecule has 14 nitrogen and oxygen atoms in total. The van der Waals surface area contributed by atoms with Gasteiger partial charge in [0.25, 0.3) is 0 Å². The monoisotopic (exact) mass is 927 g/mol. The van der Waals surface area contributed by atoms with E-state index in [0.29, 0.717) is 13.0 Å². The molecule has 2 heterocycles. The molecule has 2 fully saturated rings. The van der Waals surface area contributed by atoms with Crippen molar-refractivity contribution in [2.75, 3.05) is 33.0 Å². The molecule has 2 saturated heterocycles. The Morgan fingerprint density at radius 1 is 0.523 bits per heavy atom. The third-order valence-electron chi connectivity index (χ3n) is 11.9. The Bertz CT molecular complexity index is 1260. The zero-order valence-electron chi connectivity index (χ0n) is 40.0. The lowest BCUT2D eigenvalue weighted by molar-refractivity contribution is -0.332. The third-order valence-corrected chi connectivity index (χ3v) is 11.9. The molecule has 0 aliphatic carbocycles. The molecule has 0 aromatic heterocycles. The smallest absolute Gasteiger partial charge is 0.306 e. The molecular weight excluding hydrogens is 837 g/mol. The van der Waals surface area contributed by atoms with E-state index in [1.54, 1.807) is 0 Å². The van der Waals surface area contributed by atoms with Gasteiger partial charge >= 0.3 is 5.97 Å². The zero-order chi connectivity index (χ0) is 47.3. The fourth-order valence-electron chi connectivity index (χ4n) is 7.75. The van der Waals surface area contributed by atoms with Crippen LogP contribution in [0, 0.1) is 0 Å². The lowest BCUT2D eigenvalue weighted by atomic mass is 9.98. The van der Waals surface area contributed by atoms with Crippen molar-refractivity contribution in [3.63, 3.8) is 0 Å². The van der Waals surface area contributed by atoms with Crippen LogP contribution in [0.2, 0.25) is 0 Å². The highest BCUT2D eigenvalue weighted by atomic mass is 16.7. The van der Waals surface area contributed by atoms with Gasteiger partial charge < -0.3 is 64.2 Å². The van der Waals surface area contributed by atoms with Gasteiger partial charge in [-0.15, -0.1) is 0 Å². The van der Waals surface area contributed by atoms with Crippen LogP contribution in [-0.4, -0.2) is 142 Å². The molecule has 2 aliphatic heterocycles. The molecule has 0 aromatic rings. The molecule has 0 bridgehead atoms. The van der Waals surface area contributed by atoms with Gasteiger partial charge in [0.15, 0.2) is 12.6 Å².